The average Bonchev–Trinajstić information content (AvgIpc) is 1.82. The van der Waals surface area contributed by atoms with Gasteiger partial charge in [0.1, 0.15) is 0 Å². The molecular weight excluding hydrogens is 142 g/mol. The largest absolute Gasteiger partial charge is 0.327 e. The normalized spacial score (nSPS) is 17.4. The first-order valence-electron chi connectivity index (χ1n) is 3.91. The molecular formula is C8H19NS. The molecule has 0 radical (unpaired) electrons. The Labute approximate surface area is 68.8 Å². The van der Waals surface area contributed by atoms with Crippen LogP contribution in [-0.2, 0) is 0 Å². The van der Waals surface area contributed by atoms with E-state index in [0.29, 0.717) is 6.04 Å². The van der Waals surface area contributed by atoms with E-state index in [2.05, 4.69) is 27.7 Å². The van der Waals surface area contributed by atoms with Crippen molar-refractivity contribution in [1.82, 2.24) is 0 Å². The quantitative estimate of drug-likeness (QED) is 0.683. The Bertz CT molecular complexity index is 81.3. The van der Waals surface area contributed by atoms with Crippen LogP contribution in [-0.4, -0.2) is 17.0 Å². The van der Waals surface area contributed by atoms with Gasteiger partial charge in [0.25, 0.3) is 0 Å². The molecule has 0 amide bonds. The van der Waals surface area contributed by atoms with Crippen LogP contribution >= 0.6 is 11.8 Å². The van der Waals surface area contributed by atoms with E-state index in [1.54, 1.807) is 0 Å². The van der Waals surface area contributed by atoms with Gasteiger partial charge in [-0.05, 0) is 12.8 Å². The number of rotatable bonds is 4. The highest BCUT2D eigenvalue weighted by molar-refractivity contribution is 7.99. The number of hydrogen-bond donors (Lipinski definition) is 1. The highest BCUT2D eigenvalue weighted by Gasteiger charge is 2.07. The zero-order chi connectivity index (χ0) is 8.15. The first-order valence-corrected chi connectivity index (χ1v) is 4.96. The lowest BCUT2D eigenvalue weighted by Crippen LogP contribution is -2.20. The third-order valence-electron chi connectivity index (χ3n) is 1.56. The second-order valence-corrected chi connectivity index (χ2v) is 4.67. The van der Waals surface area contributed by atoms with Crippen LogP contribution < -0.4 is 5.73 Å². The fraction of sp³-hybridized carbons (Fsp3) is 1.00. The molecule has 0 spiro atoms. The van der Waals surface area contributed by atoms with Crippen molar-refractivity contribution in [3.8, 4) is 0 Å². The fourth-order valence-electron chi connectivity index (χ4n) is 0.496. The second kappa shape index (κ2) is 5.03. The maximum absolute atomic E-state index is 5.62. The predicted molar refractivity (Wildman–Crippen MR) is 50.4 cm³/mol. The molecule has 2 heteroatoms. The molecule has 0 aromatic rings. The fourth-order valence-corrected chi connectivity index (χ4v) is 1.49. The van der Waals surface area contributed by atoms with Crippen LogP contribution in [0.25, 0.3) is 0 Å². The molecule has 0 saturated carbocycles. The molecule has 0 aromatic carbocycles. The van der Waals surface area contributed by atoms with Crippen molar-refractivity contribution < 1.29 is 0 Å². The summed E-state index contributed by atoms with van der Waals surface area (Å²) in [6.45, 7) is 8.81. The third-order valence-corrected chi connectivity index (χ3v) is 3.35. The first-order chi connectivity index (χ1) is 4.54. The second-order valence-electron chi connectivity index (χ2n) is 3.26. The molecule has 62 valence electrons. The van der Waals surface area contributed by atoms with Crippen LogP contribution in [0, 0.1) is 5.92 Å². The van der Waals surface area contributed by atoms with E-state index in [-0.39, 0.29) is 0 Å². The Kier molecular flexibility index (Phi) is 5.18. The van der Waals surface area contributed by atoms with Crippen LogP contribution in [0.15, 0.2) is 0 Å². The van der Waals surface area contributed by atoms with Gasteiger partial charge in [0.2, 0.25) is 0 Å². The maximum Gasteiger partial charge on any atom is 0.0102 e. The van der Waals surface area contributed by atoms with E-state index < -0.39 is 0 Å². The van der Waals surface area contributed by atoms with E-state index in [1.165, 1.54) is 0 Å². The predicted octanol–water partition coefficient (Wildman–Crippen LogP) is 2.11. The Balaban J connectivity index is 3.30. The summed E-state index contributed by atoms with van der Waals surface area (Å²) in [6.07, 6.45) is 0. The molecule has 0 heterocycles. The minimum atomic E-state index is 0.339. The summed E-state index contributed by atoms with van der Waals surface area (Å²) < 4.78 is 0. The van der Waals surface area contributed by atoms with E-state index in [4.69, 9.17) is 5.73 Å². The topological polar surface area (TPSA) is 26.0 Å². The molecule has 0 aliphatic carbocycles. The monoisotopic (exact) mass is 161 g/mol. The molecule has 10 heavy (non-hydrogen) atoms. The van der Waals surface area contributed by atoms with Crippen molar-refractivity contribution in [3.05, 3.63) is 0 Å². The number of nitrogens with two attached hydrogens (primary N) is 1. The van der Waals surface area contributed by atoms with E-state index in [1.807, 2.05) is 11.8 Å². The smallest absolute Gasteiger partial charge is 0.0102 e. The number of thioether (sulfide) groups is 1. The van der Waals surface area contributed by atoms with Gasteiger partial charge in [0, 0.05) is 17.0 Å². The molecule has 0 bridgehead atoms. The average molecular weight is 161 g/mol. The maximum atomic E-state index is 5.62. The summed E-state index contributed by atoms with van der Waals surface area (Å²) in [6, 6.07) is 0.339. The standard InChI is InChI=1S/C8H19NS/c1-6(2)8(4)10-5-7(3)9/h6-8H,5,9H2,1-4H3/t7-,8?/m1/s1. The summed E-state index contributed by atoms with van der Waals surface area (Å²) in [5, 5.41) is 0.742. The van der Waals surface area contributed by atoms with Crippen LogP contribution in [0.5, 0.6) is 0 Å². The van der Waals surface area contributed by atoms with Crippen LogP contribution in [0.3, 0.4) is 0 Å². The van der Waals surface area contributed by atoms with Crippen molar-refractivity contribution in [2.75, 3.05) is 5.75 Å². The Morgan fingerprint density at radius 2 is 1.70 bits per heavy atom. The molecule has 2 N–H and O–H groups in total. The van der Waals surface area contributed by atoms with Gasteiger partial charge in [0.05, 0.1) is 0 Å². The van der Waals surface area contributed by atoms with E-state index >= 15 is 0 Å². The molecule has 0 aromatic heterocycles. The summed E-state index contributed by atoms with van der Waals surface area (Å²) in [5.41, 5.74) is 5.62. The lowest BCUT2D eigenvalue weighted by Gasteiger charge is -2.15. The molecule has 2 atom stereocenters. The molecule has 0 rings (SSSR count). The summed E-state index contributed by atoms with van der Waals surface area (Å²) in [4.78, 5) is 0. The summed E-state index contributed by atoms with van der Waals surface area (Å²) in [5.74, 6) is 1.85. The van der Waals surface area contributed by atoms with Gasteiger partial charge < -0.3 is 5.73 Å². The van der Waals surface area contributed by atoms with E-state index in [0.717, 1.165) is 16.9 Å². The third kappa shape index (κ3) is 5.12. The van der Waals surface area contributed by atoms with Gasteiger partial charge in [-0.25, -0.2) is 0 Å². The Morgan fingerprint density at radius 1 is 1.20 bits per heavy atom. The van der Waals surface area contributed by atoms with Gasteiger partial charge in [-0.1, -0.05) is 20.8 Å². The van der Waals surface area contributed by atoms with Crippen molar-refractivity contribution in [2.45, 2.75) is 39.0 Å². The molecule has 1 nitrogen and oxygen atoms in total. The van der Waals surface area contributed by atoms with Crippen LogP contribution in [0.4, 0.5) is 0 Å². The van der Waals surface area contributed by atoms with Gasteiger partial charge >= 0.3 is 0 Å². The lowest BCUT2D eigenvalue weighted by atomic mass is 10.2. The highest BCUT2D eigenvalue weighted by Crippen LogP contribution is 2.18. The zero-order valence-electron chi connectivity index (χ0n) is 7.42. The van der Waals surface area contributed by atoms with Crippen molar-refractivity contribution >= 4 is 11.8 Å². The Morgan fingerprint density at radius 3 is 2.00 bits per heavy atom. The first kappa shape index (κ1) is 10.3. The minimum Gasteiger partial charge on any atom is -0.327 e. The van der Waals surface area contributed by atoms with Gasteiger partial charge in [-0.15, -0.1) is 0 Å². The molecule has 0 saturated heterocycles. The molecule has 1 unspecified atom stereocenters. The number of hydrogen-bond acceptors (Lipinski definition) is 2. The van der Waals surface area contributed by atoms with Crippen molar-refractivity contribution in [1.29, 1.82) is 0 Å². The van der Waals surface area contributed by atoms with Gasteiger partial charge in [-0.2, -0.15) is 11.8 Å². The Hall–Kier alpha value is 0.310. The van der Waals surface area contributed by atoms with Crippen molar-refractivity contribution in [2.24, 2.45) is 11.7 Å². The summed E-state index contributed by atoms with van der Waals surface area (Å²) >= 11 is 1.97. The molecule has 0 fully saturated rings. The van der Waals surface area contributed by atoms with Gasteiger partial charge in [0.15, 0.2) is 0 Å². The van der Waals surface area contributed by atoms with Crippen LogP contribution in [0.2, 0.25) is 0 Å². The van der Waals surface area contributed by atoms with Crippen LogP contribution in [0.1, 0.15) is 27.7 Å². The van der Waals surface area contributed by atoms with E-state index in [9.17, 15) is 0 Å². The molecule has 0 aliphatic heterocycles. The summed E-state index contributed by atoms with van der Waals surface area (Å²) in [7, 11) is 0. The van der Waals surface area contributed by atoms with Crippen molar-refractivity contribution in [3.63, 3.8) is 0 Å². The lowest BCUT2D eigenvalue weighted by molar-refractivity contribution is 0.640. The highest BCUT2D eigenvalue weighted by atomic mass is 32.2. The zero-order valence-corrected chi connectivity index (χ0v) is 8.24. The minimum absolute atomic E-state index is 0.339. The molecule has 0 aliphatic rings. The SMILES string of the molecule is CC(C)C(C)SC[C@@H](C)N. The van der Waals surface area contributed by atoms with Gasteiger partial charge in [-0.3, -0.25) is 0 Å².